The molecule has 1 amide bonds. The van der Waals surface area contributed by atoms with Gasteiger partial charge in [-0.25, -0.2) is 9.38 Å². The fourth-order valence-corrected chi connectivity index (χ4v) is 1.87. The van der Waals surface area contributed by atoms with E-state index >= 15 is 0 Å². The standard InChI is InChI=1S/C15H10FN3O/c16-12-4-2-1-3-11(12)14-18-13(15(20)19-14)9-10-5-7-17-8-6-10/h1-9H,(H,18,19,20)/b13-9+. The Bertz CT molecular complexity index is 723. The molecule has 0 radical (unpaired) electrons. The Hall–Kier alpha value is -2.82. The Morgan fingerprint density at radius 3 is 2.60 bits per heavy atom. The topological polar surface area (TPSA) is 54.4 Å². The van der Waals surface area contributed by atoms with E-state index in [0.717, 1.165) is 5.56 Å². The fourth-order valence-electron chi connectivity index (χ4n) is 1.87. The van der Waals surface area contributed by atoms with Crippen LogP contribution in [0.4, 0.5) is 4.39 Å². The zero-order valence-electron chi connectivity index (χ0n) is 10.4. The lowest BCUT2D eigenvalue weighted by Gasteiger charge is -2.00. The number of aliphatic imine (C=N–C) groups is 1. The SMILES string of the molecule is O=C1NC(c2ccccc2F)=N/C1=C/c1ccncc1. The van der Waals surface area contributed by atoms with Gasteiger partial charge in [-0.05, 0) is 35.9 Å². The number of rotatable bonds is 2. The third-order valence-corrected chi connectivity index (χ3v) is 2.84. The molecule has 5 heteroatoms. The molecule has 0 aliphatic carbocycles. The second kappa shape index (κ2) is 5.05. The molecular weight excluding hydrogens is 257 g/mol. The minimum atomic E-state index is -0.420. The molecule has 0 atom stereocenters. The smallest absolute Gasteiger partial charge is 0.275 e. The summed E-state index contributed by atoms with van der Waals surface area (Å²) in [6.07, 6.45) is 4.88. The summed E-state index contributed by atoms with van der Waals surface area (Å²) in [4.78, 5) is 19.9. The first-order valence-corrected chi connectivity index (χ1v) is 6.01. The van der Waals surface area contributed by atoms with Crippen molar-refractivity contribution < 1.29 is 9.18 Å². The van der Waals surface area contributed by atoms with Crippen molar-refractivity contribution in [2.45, 2.75) is 0 Å². The molecule has 1 aromatic carbocycles. The summed E-state index contributed by atoms with van der Waals surface area (Å²) in [7, 11) is 0. The first-order valence-electron chi connectivity index (χ1n) is 6.01. The van der Waals surface area contributed by atoms with Gasteiger partial charge in [0, 0.05) is 12.4 Å². The van der Waals surface area contributed by atoms with Crippen molar-refractivity contribution in [3.63, 3.8) is 0 Å². The highest BCUT2D eigenvalue weighted by molar-refractivity contribution is 6.19. The molecule has 1 aliphatic rings. The monoisotopic (exact) mass is 267 g/mol. The Kier molecular flexibility index (Phi) is 3.09. The van der Waals surface area contributed by atoms with Gasteiger partial charge in [0.15, 0.2) is 0 Å². The number of amides is 1. The Morgan fingerprint density at radius 2 is 1.85 bits per heavy atom. The largest absolute Gasteiger partial charge is 0.305 e. The number of hydrogen-bond donors (Lipinski definition) is 1. The maximum absolute atomic E-state index is 13.7. The van der Waals surface area contributed by atoms with Gasteiger partial charge < -0.3 is 5.32 Å². The number of nitrogens with zero attached hydrogens (tertiary/aromatic N) is 2. The molecule has 0 spiro atoms. The lowest BCUT2D eigenvalue weighted by Crippen LogP contribution is -2.25. The number of carbonyl (C=O) groups excluding carboxylic acids is 1. The van der Waals surface area contributed by atoms with Gasteiger partial charge in [-0.2, -0.15) is 0 Å². The van der Waals surface area contributed by atoms with E-state index in [1.807, 2.05) is 0 Å². The average molecular weight is 267 g/mol. The van der Waals surface area contributed by atoms with Gasteiger partial charge in [0.2, 0.25) is 0 Å². The van der Waals surface area contributed by atoms with Gasteiger partial charge in [0.05, 0.1) is 5.56 Å². The number of halogens is 1. The van der Waals surface area contributed by atoms with Crippen LogP contribution in [-0.4, -0.2) is 16.7 Å². The average Bonchev–Trinajstić information content (AvgIpc) is 2.81. The van der Waals surface area contributed by atoms with Crippen LogP contribution < -0.4 is 5.32 Å². The predicted molar refractivity (Wildman–Crippen MR) is 73.3 cm³/mol. The molecule has 0 unspecified atom stereocenters. The summed E-state index contributed by atoms with van der Waals surface area (Å²) in [5.74, 6) is -0.537. The number of pyridine rings is 1. The van der Waals surface area contributed by atoms with Crippen molar-refractivity contribution in [3.8, 4) is 0 Å². The molecule has 20 heavy (non-hydrogen) atoms. The summed E-state index contributed by atoms with van der Waals surface area (Å²) in [6, 6.07) is 9.70. The highest BCUT2D eigenvalue weighted by Crippen LogP contribution is 2.16. The summed E-state index contributed by atoms with van der Waals surface area (Å²) < 4.78 is 13.7. The molecule has 3 rings (SSSR count). The minimum Gasteiger partial charge on any atom is -0.305 e. The zero-order valence-corrected chi connectivity index (χ0v) is 10.4. The predicted octanol–water partition coefficient (Wildman–Crippen LogP) is 2.14. The first-order chi connectivity index (χ1) is 9.74. The highest BCUT2D eigenvalue weighted by Gasteiger charge is 2.22. The van der Waals surface area contributed by atoms with Crippen molar-refractivity contribution in [1.82, 2.24) is 10.3 Å². The number of benzene rings is 1. The Labute approximate surface area is 114 Å². The lowest BCUT2D eigenvalue weighted by atomic mass is 10.2. The molecule has 0 saturated heterocycles. The molecule has 1 aliphatic heterocycles. The van der Waals surface area contributed by atoms with E-state index in [9.17, 15) is 9.18 Å². The van der Waals surface area contributed by atoms with Gasteiger partial charge in [0.1, 0.15) is 17.3 Å². The number of hydrogen-bond acceptors (Lipinski definition) is 3. The summed E-state index contributed by atoms with van der Waals surface area (Å²) in [5.41, 5.74) is 1.33. The van der Waals surface area contributed by atoms with Gasteiger partial charge in [-0.1, -0.05) is 12.1 Å². The molecule has 2 heterocycles. The van der Waals surface area contributed by atoms with E-state index in [1.54, 1.807) is 48.8 Å². The van der Waals surface area contributed by atoms with Crippen molar-refractivity contribution in [2.24, 2.45) is 4.99 Å². The molecule has 1 aromatic heterocycles. The van der Waals surface area contributed by atoms with Crippen molar-refractivity contribution in [3.05, 3.63) is 71.4 Å². The molecule has 0 fully saturated rings. The van der Waals surface area contributed by atoms with Crippen molar-refractivity contribution in [1.29, 1.82) is 0 Å². The van der Waals surface area contributed by atoms with Crippen LogP contribution in [0.1, 0.15) is 11.1 Å². The summed E-state index contributed by atoms with van der Waals surface area (Å²) in [6.45, 7) is 0. The Morgan fingerprint density at radius 1 is 1.10 bits per heavy atom. The van der Waals surface area contributed by atoms with E-state index in [1.165, 1.54) is 6.07 Å². The third kappa shape index (κ3) is 2.33. The maximum atomic E-state index is 13.7. The third-order valence-electron chi connectivity index (χ3n) is 2.84. The number of aromatic nitrogens is 1. The van der Waals surface area contributed by atoms with E-state index in [0.29, 0.717) is 0 Å². The van der Waals surface area contributed by atoms with Gasteiger partial charge in [-0.15, -0.1) is 0 Å². The van der Waals surface area contributed by atoms with Crippen LogP contribution in [0.15, 0.2) is 59.5 Å². The molecule has 0 saturated carbocycles. The highest BCUT2D eigenvalue weighted by atomic mass is 19.1. The fraction of sp³-hybridized carbons (Fsp3) is 0. The first kappa shape index (κ1) is 12.2. The van der Waals surface area contributed by atoms with Crippen LogP contribution in [0.25, 0.3) is 6.08 Å². The van der Waals surface area contributed by atoms with Crippen LogP contribution in [0, 0.1) is 5.82 Å². The zero-order chi connectivity index (χ0) is 13.9. The molecule has 1 N–H and O–H groups in total. The lowest BCUT2D eigenvalue weighted by molar-refractivity contribution is -0.115. The summed E-state index contributed by atoms with van der Waals surface area (Å²) >= 11 is 0. The molecule has 2 aromatic rings. The van der Waals surface area contributed by atoms with Gasteiger partial charge in [0.25, 0.3) is 5.91 Å². The van der Waals surface area contributed by atoms with Crippen molar-refractivity contribution >= 4 is 17.8 Å². The quantitative estimate of drug-likeness (QED) is 0.847. The van der Waals surface area contributed by atoms with E-state index in [4.69, 9.17) is 0 Å². The number of carbonyl (C=O) groups is 1. The minimum absolute atomic E-state index is 0.230. The number of amidine groups is 1. The maximum Gasteiger partial charge on any atom is 0.275 e. The van der Waals surface area contributed by atoms with Gasteiger partial charge >= 0.3 is 0 Å². The van der Waals surface area contributed by atoms with E-state index in [-0.39, 0.29) is 23.0 Å². The van der Waals surface area contributed by atoms with Crippen LogP contribution in [0.5, 0.6) is 0 Å². The Balaban J connectivity index is 1.98. The second-order valence-electron chi connectivity index (χ2n) is 4.20. The molecular formula is C15H10FN3O. The van der Waals surface area contributed by atoms with Gasteiger partial charge in [-0.3, -0.25) is 9.78 Å². The van der Waals surface area contributed by atoms with Crippen LogP contribution in [-0.2, 0) is 4.79 Å². The normalized spacial score (nSPS) is 16.1. The van der Waals surface area contributed by atoms with Crippen LogP contribution in [0.3, 0.4) is 0 Å². The second-order valence-corrected chi connectivity index (χ2v) is 4.20. The number of nitrogens with one attached hydrogen (secondary N) is 1. The molecule has 0 bridgehead atoms. The molecule has 98 valence electrons. The van der Waals surface area contributed by atoms with Crippen LogP contribution in [0.2, 0.25) is 0 Å². The van der Waals surface area contributed by atoms with Crippen LogP contribution >= 0.6 is 0 Å². The summed E-state index contributed by atoms with van der Waals surface area (Å²) in [5, 5.41) is 2.57. The van der Waals surface area contributed by atoms with Crippen molar-refractivity contribution in [2.75, 3.05) is 0 Å². The van der Waals surface area contributed by atoms with E-state index < -0.39 is 5.82 Å². The molecule has 4 nitrogen and oxygen atoms in total. The van der Waals surface area contributed by atoms with E-state index in [2.05, 4.69) is 15.3 Å².